The fourth-order valence-electron chi connectivity index (χ4n) is 2.59. The standard InChI is InChI=1S/C20H23BrO3/c1-24-20-13-9-16(14-19(20)21)8-12-17(22)5-3-2-4-15-6-10-18(23)11-7-15/h6-7,9-11,13-14,23H,2-5,8,12H2,1H3. The van der Waals surface area contributed by atoms with Crippen molar-refractivity contribution in [2.24, 2.45) is 0 Å². The van der Waals surface area contributed by atoms with Gasteiger partial charge in [-0.2, -0.15) is 0 Å². The van der Waals surface area contributed by atoms with Gasteiger partial charge in [0.25, 0.3) is 0 Å². The van der Waals surface area contributed by atoms with Gasteiger partial charge in [0.1, 0.15) is 17.3 Å². The third kappa shape index (κ3) is 6.00. The minimum absolute atomic E-state index is 0.291. The van der Waals surface area contributed by atoms with Crippen LogP contribution in [0.2, 0.25) is 0 Å². The average Bonchev–Trinajstić information content (AvgIpc) is 2.58. The number of carbonyl (C=O) groups is 1. The van der Waals surface area contributed by atoms with Gasteiger partial charge in [0.05, 0.1) is 11.6 Å². The van der Waals surface area contributed by atoms with E-state index >= 15 is 0 Å². The van der Waals surface area contributed by atoms with Crippen LogP contribution in [0.25, 0.3) is 0 Å². The lowest BCUT2D eigenvalue weighted by molar-refractivity contribution is -0.119. The molecule has 24 heavy (non-hydrogen) atoms. The molecule has 0 aliphatic rings. The second-order valence-electron chi connectivity index (χ2n) is 5.88. The molecular formula is C20H23BrO3. The summed E-state index contributed by atoms with van der Waals surface area (Å²) < 4.78 is 6.13. The van der Waals surface area contributed by atoms with Gasteiger partial charge in [-0.25, -0.2) is 0 Å². The van der Waals surface area contributed by atoms with Crippen LogP contribution in [-0.2, 0) is 17.6 Å². The van der Waals surface area contributed by atoms with E-state index in [-0.39, 0.29) is 0 Å². The zero-order valence-corrected chi connectivity index (χ0v) is 15.5. The van der Waals surface area contributed by atoms with Crippen LogP contribution in [0.5, 0.6) is 11.5 Å². The molecular weight excluding hydrogens is 368 g/mol. The van der Waals surface area contributed by atoms with Crippen molar-refractivity contribution in [1.29, 1.82) is 0 Å². The van der Waals surface area contributed by atoms with E-state index in [1.165, 1.54) is 5.56 Å². The lowest BCUT2D eigenvalue weighted by Gasteiger charge is -2.06. The quantitative estimate of drug-likeness (QED) is 0.607. The molecule has 0 spiro atoms. The molecule has 0 heterocycles. The molecule has 3 nitrogen and oxygen atoms in total. The Labute approximate surface area is 151 Å². The lowest BCUT2D eigenvalue weighted by Crippen LogP contribution is -2.01. The van der Waals surface area contributed by atoms with Crippen molar-refractivity contribution in [2.45, 2.75) is 38.5 Å². The van der Waals surface area contributed by atoms with Crippen LogP contribution >= 0.6 is 15.9 Å². The van der Waals surface area contributed by atoms with Gasteiger partial charge in [0.2, 0.25) is 0 Å². The highest BCUT2D eigenvalue weighted by atomic mass is 79.9. The molecule has 0 aliphatic carbocycles. The van der Waals surface area contributed by atoms with Crippen LogP contribution in [0, 0.1) is 0 Å². The Bertz CT molecular complexity index is 665. The topological polar surface area (TPSA) is 46.5 Å². The van der Waals surface area contributed by atoms with Gasteiger partial charge in [-0.15, -0.1) is 0 Å². The molecule has 0 amide bonds. The highest BCUT2D eigenvalue weighted by Crippen LogP contribution is 2.26. The van der Waals surface area contributed by atoms with Crippen molar-refractivity contribution >= 4 is 21.7 Å². The molecule has 0 fully saturated rings. The molecule has 0 aromatic heterocycles. The number of hydrogen-bond donors (Lipinski definition) is 1. The number of ketones is 1. The van der Waals surface area contributed by atoms with Crippen molar-refractivity contribution in [3.63, 3.8) is 0 Å². The van der Waals surface area contributed by atoms with Gasteiger partial charge in [0.15, 0.2) is 0 Å². The zero-order chi connectivity index (χ0) is 17.4. The first-order valence-corrected chi connectivity index (χ1v) is 9.00. The van der Waals surface area contributed by atoms with Crippen LogP contribution in [0.1, 0.15) is 36.8 Å². The molecule has 0 saturated carbocycles. The van der Waals surface area contributed by atoms with Gasteiger partial charge in [0, 0.05) is 12.8 Å². The number of aryl methyl sites for hydroxylation is 2. The number of rotatable bonds is 9. The van der Waals surface area contributed by atoms with Gasteiger partial charge in [-0.3, -0.25) is 4.79 Å². The molecule has 0 radical (unpaired) electrons. The molecule has 128 valence electrons. The summed E-state index contributed by atoms with van der Waals surface area (Å²) in [6, 6.07) is 13.2. The van der Waals surface area contributed by atoms with E-state index in [2.05, 4.69) is 15.9 Å². The summed E-state index contributed by atoms with van der Waals surface area (Å²) in [6.45, 7) is 0. The molecule has 2 rings (SSSR count). The SMILES string of the molecule is COc1ccc(CCC(=O)CCCCc2ccc(O)cc2)cc1Br. The summed E-state index contributed by atoms with van der Waals surface area (Å²) in [7, 11) is 1.64. The van der Waals surface area contributed by atoms with E-state index in [0.29, 0.717) is 24.4 Å². The maximum atomic E-state index is 12.0. The summed E-state index contributed by atoms with van der Waals surface area (Å²) >= 11 is 3.47. The van der Waals surface area contributed by atoms with Crippen LogP contribution in [0.15, 0.2) is 46.9 Å². The molecule has 0 atom stereocenters. The molecule has 0 bridgehead atoms. The maximum Gasteiger partial charge on any atom is 0.133 e. The Kier molecular flexibility index (Phi) is 7.32. The molecule has 2 aromatic carbocycles. The smallest absolute Gasteiger partial charge is 0.133 e. The zero-order valence-electron chi connectivity index (χ0n) is 13.9. The Morgan fingerprint density at radius 2 is 1.71 bits per heavy atom. The number of unbranched alkanes of at least 4 members (excludes halogenated alkanes) is 1. The number of hydrogen-bond acceptors (Lipinski definition) is 3. The maximum absolute atomic E-state index is 12.0. The predicted molar refractivity (Wildman–Crippen MR) is 99.7 cm³/mol. The Morgan fingerprint density at radius 3 is 2.38 bits per heavy atom. The van der Waals surface area contributed by atoms with Crippen molar-refractivity contribution in [3.05, 3.63) is 58.1 Å². The first-order chi connectivity index (χ1) is 11.6. The fraction of sp³-hybridized carbons (Fsp3) is 0.350. The van der Waals surface area contributed by atoms with E-state index in [0.717, 1.165) is 41.5 Å². The Hall–Kier alpha value is -1.81. The third-order valence-electron chi connectivity index (χ3n) is 4.02. The summed E-state index contributed by atoms with van der Waals surface area (Å²) in [5, 5.41) is 9.25. The summed E-state index contributed by atoms with van der Waals surface area (Å²) in [5.41, 5.74) is 2.34. The first kappa shape index (κ1) is 18.5. The van der Waals surface area contributed by atoms with Crippen LogP contribution < -0.4 is 4.74 Å². The second kappa shape index (κ2) is 9.48. The molecule has 2 aromatic rings. The third-order valence-corrected chi connectivity index (χ3v) is 4.64. The summed E-state index contributed by atoms with van der Waals surface area (Å²) in [4.78, 5) is 12.0. The van der Waals surface area contributed by atoms with E-state index in [9.17, 15) is 9.90 Å². The number of halogens is 1. The number of phenolic OH excluding ortho intramolecular Hbond substituents is 1. The van der Waals surface area contributed by atoms with Gasteiger partial charge < -0.3 is 9.84 Å². The molecule has 4 heteroatoms. The van der Waals surface area contributed by atoms with E-state index < -0.39 is 0 Å². The minimum Gasteiger partial charge on any atom is -0.508 e. The van der Waals surface area contributed by atoms with Crippen molar-refractivity contribution in [2.75, 3.05) is 7.11 Å². The van der Waals surface area contributed by atoms with Crippen molar-refractivity contribution in [1.82, 2.24) is 0 Å². The first-order valence-electron chi connectivity index (χ1n) is 8.20. The van der Waals surface area contributed by atoms with Crippen LogP contribution in [0.3, 0.4) is 0 Å². The Balaban J connectivity index is 1.66. The number of aromatic hydroxyl groups is 1. The van der Waals surface area contributed by atoms with E-state index in [1.807, 2.05) is 30.3 Å². The molecule has 1 N–H and O–H groups in total. The van der Waals surface area contributed by atoms with Crippen molar-refractivity contribution in [3.8, 4) is 11.5 Å². The number of methoxy groups -OCH3 is 1. The van der Waals surface area contributed by atoms with Crippen LogP contribution in [0.4, 0.5) is 0 Å². The van der Waals surface area contributed by atoms with E-state index in [4.69, 9.17) is 4.74 Å². The van der Waals surface area contributed by atoms with Gasteiger partial charge >= 0.3 is 0 Å². The van der Waals surface area contributed by atoms with Gasteiger partial charge in [-0.05, 0) is 77.0 Å². The molecule has 0 aliphatic heterocycles. The number of Topliss-reactive ketones (excluding diaryl/α,β-unsaturated/α-hetero) is 1. The fourth-order valence-corrected chi connectivity index (χ4v) is 3.18. The normalized spacial score (nSPS) is 10.6. The highest BCUT2D eigenvalue weighted by molar-refractivity contribution is 9.10. The molecule has 0 unspecified atom stereocenters. The number of benzene rings is 2. The number of carbonyl (C=O) groups excluding carboxylic acids is 1. The van der Waals surface area contributed by atoms with E-state index in [1.54, 1.807) is 19.2 Å². The summed E-state index contributed by atoms with van der Waals surface area (Å²) in [5.74, 6) is 1.41. The predicted octanol–water partition coefficient (Wildman–Crippen LogP) is 5.08. The average molecular weight is 391 g/mol. The minimum atomic E-state index is 0.291. The molecule has 0 saturated heterocycles. The number of ether oxygens (including phenoxy) is 1. The second-order valence-corrected chi connectivity index (χ2v) is 6.74. The van der Waals surface area contributed by atoms with Crippen LogP contribution in [-0.4, -0.2) is 18.0 Å². The van der Waals surface area contributed by atoms with Crippen molar-refractivity contribution < 1.29 is 14.6 Å². The number of phenols is 1. The largest absolute Gasteiger partial charge is 0.508 e. The Morgan fingerprint density at radius 1 is 1.00 bits per heavy atom. The highest BCUT2D eigenvalue weighted by Gasteiger charge is 2.06. The van der Waals surface area contributed by atoms with Gasteiger partial charge in [-0.1, -0.05) is 18.2 Å². The lowest BCUT2D eigenvalue weighted by atomic mass is 10.0. The summed E-state index contributed by atoms with van der Waals surface area (Å²) in [6.07, 6.45) is 4.82. The monoisotopic (exact) mass is 390 g/mol.